The molecule has 1 saturated heterocycles. The van der Waals surface area contributed by atoms with E-state index in [9.17, 15) is 0 Å². The largest absolute Gasteiger partial charge is 0.373 e. The minimum atomic E-state index is 0.132. The van der Waals surface area contributed by atoms with Crippen molar-refractivity contribution in [2.45, 2.75) is 38.7 Å². The summed E-state index contributed by atoms with van der Waals surface area (Å²) in [7, 11) is 0. The number of hydrogen-bond donors (Lipinski definition) is 0. The van der Waals surface area contributed by atoms with E-state index < -0.39 is 0 Å². The smallest absolute Gasteiger partial charge is 0.0778 e. The highest BCUT2D eigenvalue weighted by molar-refractivity contribution is 4.85. The van der Waals surface area contributed by atoms with E-state index >= 15 is 0 Å². The van der Waals surface area contributed by atoms with Crippen LogP contribution < -0.4 is 0 Å². The maximum absolute atomic E-state index is 5.81. The van der Waals surface area contributed by atoms with Crippen molar-refractivity contribution in [1.82, 2.24) is 4.90 Å². The summed E-state index contributed by atoms with van der Waals surface area (Å²) in [6.45, 7) is 8.99. The van der Waals surface area contributed by atoms with Crippen LogP contribution in [0.3, 0.4) is 0 Å². The van der Waals surface area contributed by atoms with Crippen molar-refractivity contribution in [3.63, 3.8) is 0 Å². The molecule has 1 heterocycles. The van der Waals surface area contributed by atoms with Gasteiger partial charge in [-0.2, -0.15) is 0 Å². The lowest BCUT2D eigenvalue weighted by molar-refractivity contribution is -0.100. The van der Waals surface area contributed by atoms with Crippen LogP contribution >= 0.6 is 0 Å². The van der Waals surface area contributed by atoms with Gasteiger partial charge in [0.05, 0.1) is 12.2 Å². The van der Waals surface area contributed by atoms with Gasteiger partial charge in [0.15, 0.2) is 0 Å². The second-order valence-corrected chi connectivity index (χ2v) is 4.83. The number of ether oxygens (including phenoxy) is 1. The number of rotatable bonds is 3. The second kappa shape index (κ2) is 3.58. The van der Waals surface area contributed by atoms with Crippen molar-refractivity contribution in [3.05, 3.63) is 0 Å². The van der Waals surface area contributed by atoms with Crippen LogP contribution in [0.5, 0.6) is 0 Å². The van der Waals surface area contributed by atoms with Gasteiger partial charge in [0.2, 0.25) is 0 Å². The molecule has 76 valence electrons. The van der Waals surface area contributed by atoms with E-state index in [0.29, 0.717) is 0 Å². The van der Waals surface area contributed by atoms with E-state index in [2.05, 4.69) is 18.7 Å². The molecule has 2 heteroatoms. The van der Waals surface area contributed by atoms with Gasteiger partial charge in [-0.25, -0.2) is 0 Å². The van der Waals surface area contributed by atoms with E-state index in [1.54, 1.807) is 0 Å². The van der Waals surface area contributed by atoms with Gasteiger partial charge in [0.1, 0.15) is 0 Å². The normalized spacial score (nSPS) is 36.5. The Morgan fingerprint density at radius 1 is 1.46 bits per heavy atom. The van der Waals surface area contributed by atoms with Gasteiger partial charge >= 0.3 is 0 Å². The summed E-state index contributed by atoms with van der Waals surface area (Å²) < 4.78 is 5.81. The summed E-state index contributed by atoms with van der Waals surface area (Å²) in [4.78, 5) is 2.59. The predicted molar refractivity (Wildman–Crippen MR) is 53.8 cm³/mol. The van der Waals surface area contributed by atoms with Gasteiger partial charge in [0.25, 0.3) is 0 Å². The Balaban J connectivity index is 1.83. The summed E-state index contributed by atoms with van der Waals surface area (Å²) >= 11 is 0. The van der Waals surface area contributed by atoms with Crippen LogP contribution in [0.2, 0.25) is 0 Å². The molecule has 2 nitrogen and oxygen atoms in total. The molecule has 1 unspecified atom stereocenters. The molecular formula is C11H21NO. The van der Waals surface area contributed by atoms with E-state index in [-0.39, 0.29) is 5.60 Å². The summed E-state index contributed by atoms with van der Waals surface area (Å²) in [5.41, 5.74) is 0.132. The van der Waals surface area contributed by atoms with Crippen LogP contribution in [0, 0.1) is 5.92 Å². The molecule has 13 heavy (non-hydrogen) atoms. The molecule has 0 bridgehead atoms. The molecule has 0 spiro atoms. The Kier molecular flexibility index (Phi) is 2.61. The molecule has 2 fully saturated rings. The molecule has 1 atom stereocenters. The van der Waals surface area contributed by atoms with Crippen LogP contribution in [0.15, 0.2) is 0 Å². The highest BCUT2D eigenvalue weighted by Gasteiger charge is 2.33. The van der Waals surface area contributed by atoms with Gasteiger partial charge in [-0.15, -0.1) is 0 Å². The molecule has 2 rings (SSSR count). The van der Waals surface area contributed by atoms with Gasteiger partial charge in [-0.05, 0) is 32.1 Å². The molecule has 0 amide bonds. The maximum atomic E-state index is 5.81. The fourth-order valence-corrected chi connectivity index (χ4v) is 2.05. The minimum Gasteiger partial charge on any atom is -0.373 e. The molecule has 1 aliphatic carbocycles. The molecule has 0 radical (unpaired) electrons. The standard InChI is InChI=1S/C11H21NO/c1-3-11(2)9-12(6-7-13-11)8-10-4-5-10/h10H,3-9H2,1-2H3. The first kappa shape index (κ1) is 9.47. The van der Waals surface area contributed by atoms with E-state index in [4.69, 9.17) is 4.74 Å². The molecule has 2 aliphatic rings. The number of morpholine rings is 1. The molecule has 0 aromatic carbocycles. The first-order valence-corrected chi connectivity index (χ1v) is 5.58. The van der Waals surface area contributed by atoms with Crippen LogP contribution in [-0.2, 0) is 4.74 Å². The molecule has 1 saturated carbocycles. The molecule has 0 N–H and O–H groups in total. The Labute approximate surface area is 81.3 Å². The third-order valence-corrected chi connectivity index (χ3v) is 3.38. The number of hydrogen-bond acceptors (Lipinski definition) is 2. The number of nitrogens with zero attached hydrogens (tertiary/aromatic N) is 1. The Hall–Kier alpha value is -0.0800. The maximum Gasteiger partial charge on any atom is 0.0778 e. The van der Waals surface area contributed by atoms with Crippen molar-refractivity contribution in [2.24, 2.45) is 5.92 Å². The van der Waals surface area contributed by atoms with Crippen molar-refractivity contribution in [2.75, 3.05) is 26.2 Å². The lowest BCUT2D eigenvalue weighted by atomic mass is 10.0. The molecule has 0 aromatic rings. The third kappa shape index (κ3) is 2.44. The van der Waals surface area contributed by atoms with E-state index in [0.717, 1.165) is 32.0 Å². The van der Waals surface area contributed by atoms with Crippen molar-refractivity contribution < 1.29 is 4.74 Å². The average molecular weight is 183 g/mol. The topological polar surface area (TPSA) is 12.5 Å². The highest BCUT2D eigenvalue weighted by Crippen LogP contribution is 2.31. The monoisotopic (exact) mass is 183 g/mol. The third-order valence-electron chi connectivity index (χ3n) is 3.38. The van der Waals surface area contributed by atoms with Crippen LogP contribution in [0.1, 0.15) is 33.1 Å². The van der Waals surface area contributed by atoms with Crippen molar-refractivity contribution >= 4 is 0 Å². The predicted octanol–water partition coefficient (Wildman–Crippen LogP) is 1.90. The summed E-state index contributed by atoms with van der Waals surface area (Å²) in [5.74, 6) is 1.01. The van der Waals surface area contributed by atoms with Gasteiger partial charge in [-0.3, -0.25) is 4.90 Å². The summed E-state index contributed by atoms with van der Waals surface area (Å²) in [5, 5.41) is 0. The zero-order valence-electron chi connectivity index (χ0n) is 8.88. The zero-order chi connectivity index (χ0) is 9.31. The lowest BCUT2D eigenvalue weighted by Crippen LogP contribution is -2.50. The SMILES string of the molecule is CCC1(C)CN(CC2CC2)CCO1. The fourth-order valence-electron chi connectivity index (χ4n) is 2.05. The molecule has 1 aliphatic heterocycles. The average Bonchev–Trinajstić information content (AvgIpc) is 2.89. The van der Waals surface area contributed by atoms with Crippen molar-refractivity contribution in [1.29, 1.82) is 0 Å². The first-order chi connectivity index (χ1) is 6.22. The Bertz CT molecular complexity index is 179. The fraction of sp³-hybridized carbons (Fsp3) is 1.00. The van der Waals surface area contributed by atoms with Gasteiger partial charge < -0.3 is 4.74 Å². The van der Waals surface area contributed by atoms with E-state index in [1.165, 1.54) is 19.4 Å². The highest BCUT2D eigenvalue weighted by atomic mass is 16.5. The Morgan fingerprint density at radius 2 is 2.23 bits per heavy atom. The van der Waals surface area contributed by atoms with Gasteiger partial charge in [0, 0.05) is 19.6 Å². The van der Waals surface area contributed by atoms with Crippen molar-refractivity contribution in [3.8, 4) is 0 Å². The minimum absolute atomic E-state index is 0.132. The Morgan fingerprint density at radius 3 is 2.85 bits per heavy atom. The second-order valence-electron chi connectivity index (χ2n) is 4.83. The van der Waals surface area contributed by atoms with Crippen LogP contribution in [-0.4, -0.2) is 36.7 Å². The van der Waals surface area contributed by atoms with Crippen LogP contribution in [0.4, 0.5) is 0 Å². The quantitative estimate of drug-likeness (QED) is 0.662. The lowest BCUT2D eigenvalue weighted by Gasteiger charge is -2.40. The first-order valence-electron chi connectivity index (χ1n) is 5.58. The van der Waals surface area contributed by atoms with Crippen LogP contribution in [0.25, 0.3) is 0 Å². The molecular weight excluding hydrogens is 162 g/mol. The van der Waals surface area contributed by atoms with E-state index in [1.807, 2.05) is 0 Å². The zero-order valence-corrected chi connectivity index (χ0v) is 8.88. The summed E-state index contributed by atoms with van der Waals surface area (Å²) in [6.07, 6.45) is 4.05. The van der Waals surface area contributed by atoms with Gasteiger partial charge in [-0.1, -0.05) is 6.92 Å². The summed E-state index contributed by atoms with van der Waals surface area (Å²) in [6, 6.07) is 0. The molecule has 0 aromatic heterocycles.